The Morgan fingerprint density at radius 1 is 1.25 bits per heavy atom. The number of hydrogen-bond acceptors (Lipinski definition) is 6. The first-order chi connectivity index (χ1) is 13.4. The Morgan fingerprint density at radius 3 is 2.61 bits per heavy atom. The first kappa shape index (κ1) is 22.9. The number of halogens is 1. The summed E-state index contributed by atoms with van der Waals surface area (Å²) < 4.78 is 38.1. The second kappa shape index (κ2) is 11.0. The van der Waals surface area contributed by atoms with Crippen molar-refractivity contribution in [2.75, 3.05) is 60.1 Å². The zero-order valence-electron chi connectivity index (χ0n) is 16.3. The fourth-order valence-corrected chi connectivity index (χ4v) is 4.92. The second-order valence-electron chi connectivity index (χ2n) is 6.43. The summed E-state index contributed by atoms with van der Waals surface area (Å²) >= 11 is 6.02. The third kappa shape index (κ3) is 6.05. The minimum Gasteiger partial charge on any atom is -0.495 e. The molecule has 0 unspecified atom stereocenters. The van der Waals surface area contributed by atoms with Crippen LogP contribution in [0.2, 0.25) is 5.02 Å². The lowest BCUT2D eigenvalue weighted by molar-refractivity contribution is -0.131. The Bertz CT molecular complexity index is 754. The number of carbonyl (C=O) groups is 1. The Hall–Kier alpha value is -1.39. The molecule has 0 aliphatic carbocycles. The van der Waals surface area contributed by atoms with Crippen LogP contribution in [0.25, 0.3) is 0 Å². The molecule has 8 nitrogen and oxygen atoms in total. The maximum atomic E-state index is 13.3. The molecule has 1 saturated heterocycles. The standard InChI is InChI=1S/C18H28ClN3O5S/c1-26-13-3-9-22(10-6-18(23)21-11-7-20-8-12-21)28(24,25)17-14-15(19)4-5-16(17)27-2/h4-5,14,20H,3,6-13H2,1-2H3. The molecule has 1 heterocycles. The molecule has 1 aliphatic heterocycles. The van der Waals surface area contributed by atoms with Crippen molar-refractivity contribution in [2.24, 2.45) is 0 Å². The molecule has 158 valence electrons. The van der Waals surface area contributed by atoms with E-state index in [2.05, 4.69) is 5.32 Å². The molecule has 1 aromatic rings. The molecular formula is C18H28ClN3O5S. The molecule has 0 atom stereocenters. The number of rotatable bonds is 10. The van der Waals surface area contributed by atoms with Gasteiger partial charge in [0.2, 0.25) is 15.9 Å². The van der Waals surface area contributed by atoms with E-state index < -0.39 is 10.0 Å². The van der Waals surface area contributed by atoms with Crippen molar-refractivity contribution in [3.05, 3.63) is 23.2 Å². The van der Waals surface area contributed by atoms with Crippen LogP contribution in [-0.2, 0) is 19.6 Å². The highest BCUT2D eigenvalue weighted by molar-refractivity contribution is 7.89. The van der Waals surface area contributed by atoms with Gasteiger partial charge >= 0.3 is 0 Å². The smallest absolute Gasteiger partial charge is 0.246 e. The van der Waals surface area contributed by atoms with Gasteiger partial charge in [0.15, 0.2) is 0 Å². The molecule has 1 N–H and O–H groups in total. The maximum absolute atomic E-state index is 13.3. The minimum atomic E-state index is -3.89. The lowest BCUT2D eigenvalue weighted by Gasteiger charge is -2.29. The first-order valence-corrected chi connectivity index (χ1v) is 11.0. The van der Waals surface area contributed by atoms with Gasteiger partial charge in [-0.25, -0.2) is 8.42 Å². The highest BCUT2D eigenvalue weighted by Gasteiger charge is 2.29. The van der Waals surface area contributed by atoms with Gasteiger partial charge in [-0.15, -0.1) is 0 Å². The number of piperazine rings is 1. The van der Waals surface area contributed by atoms with E-state index in [4.69, 9.17) is 21.1 Å². The van der Waals surface area contributed by atoms with Crippen LogP contribution < -0.4 is 10.1 Å². The van der Waals surface area contributed by atoms with Crippen molar-refractivity contribution in [1.82, 2.24) is 14.5 Å². The summed E-state index contributed by atoms with van der Waals surface area (Å²) in [4.78, 5) is 14.2. The van der Waals surface area contributed by atoms with Crippen molar-refractivity contribution >= 4 is 27.5 Å². The summed E-state index contributed by atoms with van der Waals surface area (Å²) in [7, 11) is -0.918. The van der Waals surface area contributed by atoms with Gasteiger partial charge in [0.1, 0.15) is 10.6 Å². The number of nitrogens with zero attached hydrogens (tertiary/aromatic N) is 2. The fourth-order valence-electron chi connectivity index (χ4n) is 3.02. The van der Waals surface area contributed by atoms with Crippen LogP contribution in [0.5, 0.6) is 5.75 Å². The summed E-state index contributed by atoms with van der Waals surface area (Å²) in [6.45, 7) is 3.52. The van der Waals surface area contributed by atoms with E-state index in [1.54, 1.807) is 18.1 Å². The molecule has 1 aromatic carbocycles. The predicted molar refractivity (Wildman–Crippen MR) is 107 cm³/mol. The Kier molecular flexibility index (Phi) is 8.97. The van der Waals surface area contributed by atoms with E-state index in [0.29, 0.717) is 31.1 Å². The van der Waals surface area contributed by atoms with Gasteiger partial charge in [0, 0.05) is 64.4 Å². The zero-order chi connectivity index (χ0) is 20.6. The SMILES string of the molecule is COCCCN(CCC(=O)N1CCNCC1)S(=O)(=O)c1cc(Cl)ccc1OC. The number of ether oxygens (including phenoxy) is 2. The predicted octanol–water partition coefficient (Wildman–Crippen LogP) is 1.20. The average Bonchev–Trinajstić information content (AvgIpc) is 2.70. The van der Waals surface area contributed by atoms with Crippen LogP contribution in [0.4, 0.5) is 0 Å². The van der Waals surface area contributed by atoms with Crippen LogP contribution in [-0.4, -0.2) is 83.6 Å². The van der Waals surface area contributed by atoms with Crippen LogP contribution in [0.1, 0.15) is 12.8 Å². The van der Waals surface area contributed by atoms with Crippen LogP contribution in [0, 0.1) is 0 Å². The molecule has 0 radical (unpaired) electrons. The Morgan fingerprint density at radius 2 is 1.96 bits per heavy atom. The van der Waals surface area contributed by atoms with Crippen molar-refractivity contribution < 1.29 is 22.7 Å². The number of sulfonamides is 1. The van der Waals surface area contributed by atoms with E-state index in [1.807, 2.05) is 0 Å². The van der Waals surface area contributed by atoms with Crippen molar-refractivity contribution in [3.8, 4) is 5.75 Å². The van der Waals surface area contributed by atoms with Crippen molar-refractivity contribution in [2.45, 2.75) is 17.7 Å². The van der Waals surface area contributed by atoms with E-state index in [1.165, 1.54) is 23.5 Å². The van der Waals surface area contributed by atoms with Crippen LogP contribution in [0.15, 0.2) is 23.1 Å². The Labute approximate surface area is 171 Å². The molecule has 28 heavy (non-hydrogen) atoms. The van der Waals surface area contributed by atoms with Crippen LogP contribution in [0.3, 0.4) is 0 Å². The summed E-state index contributed by atoms with van der Waals surface area (Å²) in [5, 5.41) is 3.49. The van der Waals surface area contributed by atoms with Gasteiger partial charge in [-0.05, 0) is 24.6 Å². The molecule has 1 amide bonds. The number of benzene rings is 1. The highest BCUT2D eigenvalue weighted by atomic mass is 35.5. The molecule has 0 spiro atoms. The van der Waals surface area contributed by atoms with Gasteiger partial charge in [-0.1, -0.05) is 11.6 Å². The van der Waals surface area contributed by atoms with E-state index in [-0.39, 0.29) is 36.1 Å². The number of nitrogens with one attached hydrogen (secondary N) is 1. The van der Waals surface area contributed by atoms with Gasteiger partial charge < -0.3 is 19.7 Å². The molecule has 2 rings (SSSR count). The second-order valence-corrected chi connectivity index (χ2v) is 8.77. The minimum absolute atomic E-state index is 0.00506. The lowest BCUT2D eigenvalue weighted by Crippen LogP contribution is -2.47. The summed E-state index contributed by atoms with van der Waals surface area (Å²) in [5.74, 6) is 0.168. The zero-order valence-corrected chi connectivity index (χ0v) is 17.9. The Balaban J connectivity index is 2.18. The molecule has 1 fully saturated rings. The molecule has 10 heteroatoms. The van der Waals surface area contributed by atoms with Crippen molar-refractivity contribution in [1.29, 1.82) is 0 Å². The third-order valence-electron chi connectivity index (χ3n) is 4.54. The number of methoxy groups -OCH3 is 2. The number of hydrogen-bond donors (Lipinski definition) is 1. The maximum Gasteiger partial charge on any atom is 0.246 e. The van der Waals surface area contributed by atoms with Gasteiger partial charge in [0.25, 0.3) is 0 Å². The number of amides is 1. The quantitative estimate of drug-likeness (QED) is 0.558. The summed E-state index contributed by atoms with van der Waals surface area (Å²) in [6, 6.07) is 4.47. The first-order valence-electron chi connectivity index (χ1n) is 9.21. The largest absolute Gasteiger partial charge is 0.495 e. The van der Waals surface area contributed by atoms with E-state index >= 15 is 0 Å². The average molecular weight is 434 g/mol. The highest BCUT2D eigenvalue weighted by Crippen LogP contribution is 2.30. The molecule has 1 aliphatic rings. The monoisotopic (exact) mass is 433 g/mol. The van der Waals surface area contributed by atoms with Gasteiger partial charge in [-0.3, -0.25) is 4.79 Å². The third-order valence-corrected chi connectivity index (χ3v) is 6.70. The van der Waals surface area contributed by atoms with Crippen molar-refractivity contribution in [3.63, 3.8) is 0 Å². The van der Waals surface area contributed by atoms with Crippen LogP contribution >= 0.6 is 11.6 Å². The summed E-state index contributed by atoms with van der Waals surface area (Å²) in [5.41, 5.74) is 0. The molecule has 0 saturated carbocycles. The molecule has 0 bridgehead atoms. The van der Waals surface area contributed by atoms with Gasteiger partial charge in [-0.2, -0.15) is 4.31 Å². The lowest BCUT2D eigenvalue weighted by atomic mass is 10.3. The normalized spacial score (nSPS) is 15.1. The number of carbonyl (C=O) groups excluding carboxylic acids is 1. The molecule has 0 aromatic heterocycles. The van der Waals surface area contributed by atoms with Gasteiger partial charge in [0.05, 0.1) is 7.11 Å². The van der Waals surface area contributed by atoms with E-state index in [0.717, 1.165) is 13.1 Å². The summed E-state index contributed by atoms with van der Waals surface area (Å²) in [6.07, 6.45) is 0.634. The van der Waals surface area contributed by atoms with E-state index in [9.17, 15) is 13.2 Å². The molecular weight excluding hydrogens is 406 g/mol. The fraction of sp³-hybridized carbons (Fsp3) is 0.611. The topological polar surface area (TPSA) is 88.2 Å².